The zero-order chi connectivity index (χ0) is 13.1. The SMILES string of the molecule is Cc1ccc(C(N)CC2CN(C)CCN2)cc1C. The minimum Gasteiger partial charge on any atom is -0.324 e. The van der Waals surface area contributed by atoms with E-state index in [1.807, 2.05) is 0 Å². The number of hydrogen-bond acceptors (Lipinski definition) is 3. The molecule has 1 aliphatic rings. The minimum atomic E-state index is 0.133. The Morgan fingerprint density at radius 2 is 2.17 bits per heavy atom. The number of aryl methyl sites for hydroxylation is 2. The van der Waals surface area contributed by atoms with Crippen molar-refractivity contribution in [2.45, 2.75) is 32.4 Å². The summed E-state index contributed by atoms with van der Waals surface area (Å²) in [4.78, 5) is 2.37. The second-order valence-corrected chi connectivity index (χ2v) is 5.60. The molecule has 0 bridgehead atoms. The zero-order valence-corrected chi connectivity index (χ0v) is 11.7. The van der Waals surface area contributed by atoms with Crippen molar-refractivity contribution in [3.05, 3.63) is 34.9 Å². The summed E-state index contributed by atoms with van der Waals surface area (Å²) >= 11 is 0. The van der Waals surface area contributed by atoms with Gasteiger partial charge in [-0.05, 0) is 44.0 Å². The maximum absolute atomic E-state index is 6.33. The summed E-state index contributed by atoms with van der Waals surface area (Å²) in [5.41, 5.74) is 10.3. The highest BCUT2D eigenvalue weighted by molar-refractivity contribution is 5.31. The molecule has 18 heavy (non-hydrogen) atoms. The van der Waals surface area contributed by atoms with Crippen molar-refractivity contribution < 1.29 is 0 Å². The molecule has 100 valence electrons. The van der Waals surface area contributed by atoms with E-state index in [4.69, 9.17) is 5.73 Å². The molecule has 1 saturated heterocycles. The molecule has 0 spiro atoms. The highest BCUT2D eigenvalue weighted by atomic mass is 15.2. The van der Waals surface area contributed by atoms with Gasteiger partial charge in [0.25, 0.3) is 0 Å². The molecule has 0 aromatic heterocycles. The Balaban J connectivity index is 1.98. The molecule has 0 aliphatic carbocycles. The van der Waals surface area contributed by atoms with Crippen LogP contribution in [0.3, 0.4) is 0 Å². The van der Waals surface area contributed by atoms with Gasteiger partial charge in [-0.15, -0.1) is 0 Å². The highest BCUT2D eigenvalue weighted by Crippen LogP contribution is 2.20. The van der Waals surface area contributed by atoms with Crippen molar-refractivity contribution in [3.63, 3.8) is 0 Å². The van der Waals surface area contributed by atoms with Gasteiger partial charge in [0, 0.05) is 31.7 Å². The number of nitrogens with two attached hydrogens (primary N) is 1. The number of nitrogens with zero attached hydrogens (tertiary/aromatic N) is 1. The predicted octanol–water partition coefficient (Wildman–Crippen LogP) is 1.60. The van der Waals surface area contributed by atoms with Gasteiger partial charge in [-0.2, -0.15) is 0 Å². The average Bonchev–Trinajstić information content (AvgIpc) is 2.32. The Morgan fingerprint density at radius 1 is 1.39 bits per heavy atom. The van der Waals surface area contributed by atoms with Crippen LogP contribution in [-0.2, 0) is 0 Å². The van der Waals surface area contributed by atoms with E-state index in [9.17, 15) is 0 Å². The van der Waals surface area contributed by atoms with Crippen LogP contribution in [0.1, 0.15) is 29.2 Å². The largest absolute Gasteiger partial charge is 0.324 e. The molecule has 2 unspecified atom stereocenters. The first-order valence-electron chi connectivity index (χ1n) is 6.81. The van der Waals surface area contributed by atoms with Gasteiger partial charge in [0.1, 0.15) is 0 Å². The van der Waals surface area contributed by atoms with E-state index in [0.29, 0.717) is 6.04 Å². The fraction of sp³-hybridized carbons (Fsp3) is 0.600. The van der Waals surface area contributed by atoms with Gasteiger partial charge in [-0.1, -0.05) is 18.2 Å². The topological polar surface area (TPSA) is 41.3 Å². The molecule has 1 aromatic carbocycles. The van der Waals surface area contributed by atoms with Crippen LogP contribution in [0.4, 0.5) is 0 Å². The first-order chi connectivity index (χ1) is 8.56. The molecule has 2 atom stereocenters. The number of likely N-dealkylation sites (N-methyl/N-ethyl adjacent to an activating group) is 1. The summed E-state index contributed by atoms with van der Waals surface area (Å²) in [5, 5.41) is 3.55. The third-order valence-corrected chi connectivity index (χ3v) is 3.96. The summed E-state index contributed by atoms with van der Waals surface area (Å²) in [7, 11) is 2.18. The smallest absolute Gasteiger partial charge is 0.0310 e. The van der Waals surface area contributed by atoms with Crippen LogP contribution >= 0.6 is 0 Å². The van der Waals surface area contributed by atoms with Gasteiger partial charge in [-0.25, -0.2) is 0 Å². The van der Waals surface area contributed by atoms with Crippen LogP contribution in [0, 0.1) is 13.8 Å². The standard InChI is InChI=1S/C15H25N3/c1-11-4-5-13(8-12(11)2)15(16)9-14-10-18(3)7-6-17-14/h4-5,8,14-15,17H,6-7,9-10,16H2,1-3H3. The van der Waals surface area contributed by atoms with Crippen LogP contribution in [0.15, 0.2) is 18.2 Å². The van der Waals surface area contributed by atoms with Gasteiger partial charge in [0.2, 0.25) is 0 Å². The molecule has 3 N–H and O–H groups in total. The third kappa shape index (κ3) is 3.31. The van der Waals surface area contributed by atoms with Crippen LogP contribution in [0.2, 0.25) is 0 Å². The van der Waals surface area contributed by atoms with Crippen molar-refractivity contribution >= 4 is 0 Å². The summed E-state index contributed by atoms with van der Waals surface area (Å²) in [5.74, 6) is 0. The maximum Gasteiger partial charge on any atom is 0.0310 e. The van der Waals surface area contributed by atoms with Gasteiger partial charge >= 0.3 is 0 Å². The zero-order valence-electron chi connectivity index (χ0n) is 11.7. The van der Waals surface area contributed by atoms with Gasteiger partial charge in [-0.3, -0.25) is 0 Å². The van der Waals surface area contributed by atoms with Gasteiger partial charge < -0.3 is 16.0 Å². The van der Waals surface area contributed by atoms with E-state index in [2.05, 4.69) is 49.3 Å². The Labute approximate surface area is 110 Å². The third-order valence-electron chi connectivity index (χ3n) is 3.96. The highest BCUT2D eigenvalue weighted by Gasteiger charge is 2.19. The van der Waals surface area contributed by atoms with E-state index in [1.54, 1.807) is 0 Å². The molecule has 3 nitrogen and oxygen atoms in total. The molecule has 1 aliphatic heterocycles. The molecule has 1 fully saturated rings. The minimum absolute atomic E-state index is 0.133. The molecule has 1 aromatic rings. The lowest BCUT2D eigenvalue weighted by Gasteiger charge is -2.32. The van der Waals surface area contributed by atoms with Crippen molar-refractivity contribution in [2.75, 3.05) is 26.7 Å². The van der Waals surface area contributed by atoms with Crippen LogP contribution in [0.5, 0.6) is 0 Å². The van der Waals surface area contributed by atoms with Gasteiger partial charge in [0.05, 0.1) is 0 Å². The van der Waals surface area contributed by atoms with E-state index >= 15 is 0 Å². The Kier molecular flexibility index (Phi) is 4.38. The Hall–Kier alpha value is -0.900. The second kappa shape index (κ2) is 5.83. The normalized spacial score (nSPS) is 23.0. The van der Waals surface area contributed by atoms with Gasteiger partial charge in [0.15, 0.2) is 0 Å². The average molecular weight is 247 g/mol. The van der Waals surface area contributed by atoms with E-state index in [-0.39, 0.29) is 6.04 Å². The Bertz CT molecular complexity index is 403. The van der Waals surface area contributed by atoms with E-state index < -0.39 is 0 Å². The molecular formula is C15H25N3. The summed E-state index contributed by atoms with van der Waals surface area (Å²) in [6, 6.07) is 7.21. The van der Waals surface area contributed by atoms with Crippen LogP contribution in [-0.4, -0.2) is 37.6 Å². The number of piperazine rings is 1. The molecular weight excluding hydrogens is 222 g/mol. The molecule has 0 amide bonds. The first kappa shape index (κ1) is 13.5. The first-order valence-corrected chi connectivity index (χ1v) is 6.81. The fourth-order valence-corrected chi connectivity index (χ4v) is 2.59. The lowest BCUT2D eigenvalue weighted by molar-refractivity contribution is 0.226. The fourth-order valence-electron chi connectivity index (χ4n) is 2.59. The number of hydrogen-bond donors (Lipinski definition) is 2. The number of rotatable bonds is 3. The maximum atomic E-state index is 6.33. The summed E-state index contributed by atoms with van der Waals surface area (Å²) in [6.07, 6.45) is 1.01. The summed E-state index contributed by atoms with van der Waals surface area (Å²) < 4.78 is 0. The number of nitrogens with one attached hydrogen (secondary N) is 1. The summed E-state index contributed by atoms with van der Waals surface area (Å²) in [6.45, 7) is 7.59. The van der Waals surface area contributed by atoms with E-state index in [0.717, 1.165) is 26.1 Å². The second-order valence-electron chi connectivity index (χ2n) is 5.60. The predicted molar refractivity (Wildman–Crippen MR) is 76.7 cm³/mol. The quantitative estimate of drug-likeness (QED) is 0.852. The lowest BCUT2D eigenvalue weighted by Crippen LogP contribution is -2.49. The Morgan fingerprint density at radius 3 is 2.83 bits per heavy atom. The van der Waals surface area contributed by atoms with Crippen LogP contribution in [0.25, 0.3) is 0 Å². The van der Waals surface area contributed by atoms with Crippen LogP contribution < -0.4 is 11.1 Å². The van der Waals surface area contributed by atoms with Crippen molar-refractivity contribution in [1.29, 1.82) is 0 Å². The molecule has 0 saturated carbocycles. The number of benzene rings is 1. The lowest BCUT2D eigenvalue weighted by atomic mass is 9.96. The molecule has 3 heteroatoms. The molecule has 2 rings (SSSR count). The monoisotopic (exact) mass is 247 g/mol. The molecule has 0 radical (unpaired) electrons. The van der Waals surface area contributed by atoms with Crippen molar-refractivity contribution in [3.8, 4) is 0 Å². The van der Waals surface area contributed by atoms with E-state index in [1.165, 1.54) is 16.7 Å². The van der Waals surface area contributed by atoms with Crippen molar-refractivity contribution in [2.24, 2.45) is 5.73 Å². The van der Waals surface area contributed by atoms with Crippen molar-refractivity contribution in [1.82, 2.24) is 10.2 Å². The molecule has 1 heterocycles.